The van der Waals surface area contributed by atoms with E-state index in [2.05, 4.69) is 33.8 Å². The molecule has 160 valence electrons. The summed E-state index contributed by atoms with van der Waals surface area (Å²) in [5.41, 5.74) is 3.38. The van der Waals surface area contributed by atoms with Gasteiger partial charge < -0.3 is 5.11 Å². The van der Waals surface area contributed by atoms with E-state index in [0.717, 1.165) is 29.5 Å². The molecule has 2 atom stereocenters. The van der Waals surface area contributed by atoms with Crippen LogP contribution in [0.5, 0.6) is 0 Å². The van der Waals surface area contributed by atoms with Crippen LogP contribution in [-0.4, -0.2) is 31.3 Å². The number of unbranched alkanes of at least 4 members (excludes halogenated alkanes) is 1. The third-order valence-corrected chi connectivity index (χ3v) is 5.14. The van der Waals surface area contributed by atoms with Gasteiger partial charge in [0.05, 0.1) is 24.1 Å². The number of carboxylic acids is 1. The fourth-order valence-electron chi connectivity index (χ4n) is 3.40. The molecule has 0 aliphatic heterocycles. The van der Waals surface area contributed by atoms with Gasteiger partial charge in [0.15, 0.2) is 5.82 Å². The lowest BCUT2D eigenvalue weighted by Crippen LogP contribution is -2.31. The SMILES string of the molecule is CCCCn1nnnc1C(NC(CC(=O)O)c1ccc(C)cc1)c1ccc(C#N)cc1. The van der Waals surface area contributed by atoms with Crippen LogP contribution in [0.1, 0.15) is 66.3 Å². The maximum Gasteiger partial charge on any atom is 0.305 e. The van der Waals surface area contributed by atoms with Gasteiger partial charge in [-0.1, -0.05) is 55.3 Å². The molecule has 0 saturated carbocycles. The van der Waals surface area contributed by atoms with E-state index in [4.69, 9.17) is 5.26 Å². The molecule has 1 aromatic heterocycles. The van der Waals surface area contributed by atoms with Crippen LogP contribution in [0, 0.1) is 18.3 Å². The Morgan fingerprint density at radius 3 is 2.45 bits per heavy atom. The van der Waals surface area contributed by atoms with Gasteiger partial charge in [-0.15, -0.1) is 5.10 Å². The van der Waals surface area contributed by atoms with E-state index in [1.54, 1.807) is 16.8 Å². The third-order valence-electron chi connectivity index (χ3n) is 5.14. The number of hydrogen-bond donors (Lipinski definition) is 2. The largest absolute Gasteiger partial charge is 0.481 e. The van der Waals surface area contributed by atoms with E-state index in [9.17, 15) is 9.90 Å². The van der Waals surface area contributed by atoms with Crippen LogP contribution < -0.4 is 5.32 Å². The van der Waals surface area contributed by atoms with Gasteiger partial charge in [0, 0.05) is 12.6 Å². The summed E-state index contributed by atoms with van der Waals surface area (Å²) in [6.45, 7) is 4.76. The number of carboxylic acid groups (broad SMARTS) is 1. The zero-order valence-corrected chi connectivity index (χ0v) is 17.7. The summed E-state index contributed by atoms with van der Waals surface area (Å²) in [6, 6.07) is 16.2. The number of carbonyl (C=O) groups is 1. The van der Waals surface area contributed by atoms with Crippen molar-refractivity contribution in [2.75, 3.05) is 0 Å². The fraction of sp³-hybridized carbons (Fsp3) is 0.348. The highest BCUT2D eigenvalue weighted by Crippen LogP contribution is 2.27. The van der Waals surface area contributed by atoms with Crippen LogP contribution in [0.3, 0.4) is 0 Å². The van der Waals surface area contributed by atoms with Crippen molar-refractivity contribution in [3.8, 4) is 6.07 Å². The van der Waals surface area contributed by atoms with Gasteiger partial charge in [0.2, 0.25) is 0 Å². The predicted molar refractivity (Wildman–Crippen MR) is 115 cm³/mol. The number of nitrogens with one attached hydrogen (secondary N) is 1. The van der Waals surface area contributed by atoms with Crippen LogP contribution in [0.4, 0.5) is 0 Å². The lowest BCUT2D eigenvalue weighted by atomic mass is 9.98. The number of benzene rings is 2. The molecule has 3 rings (SSSR count). The van der Waals surface area contributed by atoms with Gasteiger partial charge in [-0.05, 0) is 47.0 Å². The Bertz CT molecular complexity index is 1040. The van der Waals surface area contributed by atoms with E-state index in [-0.39, 0.29) is 6.42 Å². The second kappa shape index (κ2) is 10.5. The molecular formula is C23H26N6O2. The third kappa shape index (κ3) is 5.74. The number of nitriles is 1. The number of nitrogens with zero attached hydrogens (tertiary/aromatic N) is 5. The van der Waals surface area contributed by atoms with Crippen molar-refractivity contribution in [2.45, 2.75) is 51.7 Å². The minimum absolute atomic E-state index is 0.0909. The number of aromatic nitrogens is 4. The van der Waals surface area contributed by atoms with Crippen LogP contribution in [0.25, 0.3) is 0 Å². The van der Waals surface area contributed by atoms with Crippen molar-refractivity contribution in [3.63, 3.8) is 0 Å². The van der Waals surface area contributed by atoms with Crippen molar-refractivity contribution in [1.82, 2.24) is 25.5 Å². The average Bonchev–Trinajstić information content (AvgIpc) is 3.24. The summed E-state index contributed by atoms with van der Waals surface area (Å²) in [5.74, 6) is -0.289. The standard InChI is InChI=1S/C23H26N6O2/c1-3-4-13-29-23(26-27-28-29)22(19-11-7-17(15-24)8-12-19)25-20(14-21(30)31)18-9-5-16(2)6-10-18/h5-12,20,22,25H,3-4,13-14H2,1-2H3,(H,30,31). The maximum atomic E-state index is 11.6. The summed E-state index contributed by atoms with van der Waals surface area (Å²) in [4.78, 5) is 11.6. The van der Waals surface area contributed by atoms with E-state index >= 15 is 0 Å². The second-order valence-corrected chi connectivity index (χ2v) is 7.51. The van der Waals surface area contributed by atoms with E-state index in [1.807, 2.05) is 43.3 Å². The highest BCUT2D eigenvalue weighted by Gasteiger charge is 2.26. The molecule has 0 radical (unpaired) electrons. The second-order valence-electron chi connectivity index (χ2n) is 7.51. The molecule has 3 aromatic rings. The molecule has 2 unspecified atom stereocenters. The van der Waals surface area contributed by atoms with Gasteiger partial charge in [-0.25, -0.2) is 4.68 Å². The molecular weight excluding hydrogens is 392 g/mol. The number of aryl methyl sites for hydroxylation is 2. The van der Waals surface area contributed by atoms with Crippen LogP contribution >= 0.6 is 0 Å². The van der Waals surface area contributed by atoms with Crippen molar-refractivity contribution < 1.29 is 9.90 Å². The molecule has 31 heavy (non-hydrogen) atoms. The number of tetrazole rings is 1. The quantitative estimate of drug-likeness (QED) is 0.517. The highest BCUT2D eigenvalue weighted by atomic mass is 16.4. The number of hydrogen-bond acceptors (Lipinski definition) is 6. The predicted octanol–water partition coefficient (Wildman–Crippen LogP) is 3.55. The van der Waals surface area contributed by atoms with Crippen LogP contribution in [-0.2, 0) is 11.3 Å². The Morgan fingerprint density at radius 2 is 1.84 bits per heavy atom. The number of aliphatic carboxylic acids is 1. The molecule has 0 amide bonds. The smallest absolute Gasteiger partial charge is 0.305 e. The van der Waals surface area contributed by atoms with Crippen molar-refractivity contribution in [1.29, 1.82) is 5.26 Å². The van der Waals surface area contributed by atoms with Crippen molar-refractivity contribution in [3.05, 3.63) is 76.6 Å². The van der Waals surface area contributed by atoms with E-state index < -0.39 is 18.1 Å². The summed E-state index contributed by atoms with van der Waals surface area (Å²) in [6.07, 6.45) is 1.83. The van der Waals surface area contributed by atoms with Crippen molar-refractivity contribution >= 4 is 5.97 Å². The Balaban J connectivity index is 2.01. The van der Waals surface area contributed by atoms with Crippen molar-refractivity contribution in [2.24, 2.45) is 0 Å². The Kier molecular flexibility index (Phi) is 7.46. The van der Waals surface area contributed by atoms with E-state index in [1.165, 1.54) is 0 Å². The topological polar surface area (TPSA) is 117 Å². The van der Waals surface area contributed by atoms with Gasteiger partial charge in [-0.2, -0.15) is 5.26 Å². The van der Waals surface area contributed by atoms with Crippen LogP contribution in [0.2, 0.25) is 0 Å². The molecule has 0 aliphatic carbocycles. The zero-order chi connectivity index (χ0) is 22.2. The minimum Gasteiger partial charge on any atom is -0.481 e. The van der Waals surface area contributed by atoms with Gasteiger partial charge in [0.25, 0.3) is 0 Å². The van der Waals surface area contributed by atoms with Gasteiger partial charge in [0.1, 0.15) is 0 Å². The first-order valence-corrected chi connectivity index (χ1v) is 10.3. The zero-order valence-electron chi connectivity index (χ0n) is 17.7. The fourth-order valence-corrected chi connectivity index (χ4v) is 3.40. The number of rotatable bonds is 10. The molecule has 0 fully saturated rings. The average molecular weight is 419 g/mol. The lowest BCUT2D eigenvalue weighted by molar-refractivity contribution is -0.137. The Morgan fingerprint density at radius 1 is 1.16 bits per heavy atom. The molecule has 0 saturated heterocycles. The molecule has 0 bridgehead atoms. The molecule has 8 heteroatoms. The maximum absolute atomic E-state index is 11.6. The van der Waals surface area contributed by atoms with Crippen LogP contribution in [0.15, 0.2) is 48.5 Å². The normalized spacial score (nSPS) is 12.8. The monoisotopic (exact) mass is 418 g/mol. The first kappa shape index (κ1) is 22.1. The summed E-state index contributed by atoms with van der Waals surface area (Å²) in [5, 5.41) is 34.4. The first-order chi connectivity index (χ1) is 15.0. The summed E-state index contributed by atoms with van der Waals surface area (Å²) >= 11 is 0. The Labute approximate surface area is 181 Å². The molecule has 2 N–H and O–H groups in total. The van der Waals surface area contributed by atoms with E-state index in [0.29, 0.717) is 17.9 Å². The lowest BCUT2D eigenvalue weighted by Gasteiger charge is -2.25. The molecule has 8 nitrogen and oxygen atoms in total. The summed E-state index contributed by atoms with van der Waals surface area (Å²) < 4.78 is 1.76. The minimum atomic E-state index is -0.901. The highest BCUT2D eigenvalue weighted by molar-refractivity contribution is 5.68. The molecule has 1 heterocycles. The summed E-state index contributed by atoms with van der Waals surface area (Å²) in [7, 11) is 0. The Hall–Kier alpha value is -3.57. The van der Waals surface area contributed by atoms with Gasteiger partial charge >= 0.3 is 5.97 Å². The molecule has 2 aromatic carbocycles. The molecule has 0 spiro atoms. The molecule has 0 aliphatic rings. The first-order valence-electron chi connectivity index (χ1n) is 10.3. The van der Waals surface area contributed by atoms with Gasteiger partial charge in [-0.3, -0.25) is 10.1 Å².